The minimum Gasteiger partial charge on any atom is -0.464 e. The Bertz CT molecular complexity index is 1390. The van der Waals surface area contributed by atoms with Crippen LogP contribution < -0.4 is 0 Å². The molecule has 8 rings (SSSR count). The predicted molar refractivity (Wildman–Crippen MR) is 213 cm³/mol. The second-order valence-corrected chi connectivity index (χ2v) is 19.7. The van der Waals surface area contributed by atoms with Crippen molar-refractivity contribution in [2.24, 2.45) is 57.2 Å². The molecule has 6 saturated carbocycles. The number of esters is 1. The standard InChI is InChI=1S/C42H67NO8.C2H6.C2H2/c1-8-47-35(45)24-49-37(39(5,6)46)30-13-11-28-31(50-30)22-29-27-12-14-32-38(3,4)33(15-16-42(32)25(2)41(27,42)18-17-40(28,29)7)51-36-23-43(19-20-48-36)34(44)21-26-9-10-26;2*1-2/h25-33,36-37,46H,8-24H2,1-7H3;1-2H3;1-2H/t25-,27-,28-,29?,30+,31+,32?,33-,36?,37-,40+,41-,42?;;/m0../s1. The van der Waals surface area contributed by atoms with Gasteiger partial charge in [0.2, 0.25) is 5.91 Å². The number of aliphatic hydroxyl groups is 1. The Kier molecular flexibility index (Phi) is 12.6. The smallest absolute Gasteiger partial charge is 0.332 e. The highest BCUT2D eigenvalue weighted by Crippen LogP contribution is 2.89. The van der Waals surface area contributed by atoms with E-state index in [1.165, 1.54) is 44.9 Å². The lowest BCUT2D eigenvalue weighted by atomic mass is 9.46. The van der Waals surface area contributed by atoms with Gasteiger partial charge >= 0.3 is 5.97 Å². The number of carbonyl (C=O) groups excluding carboxylic acids is 2. The van der Waals surface area contributed by atoms with Gasteiger partial charge in [-0.1, -0.05) is 41.5 Å². The third-order valence-electron chi connectivity index (χ3n) is 16.8. The summed E-state index contributed by atoms with van der Waals surface area (Å²) in [5.74, 6) is 3.72. The van der Waals surface area contributed by atoms with E-state index < -0.39 is 17.7 Å². The Morgan fingerprint density at radius 2 is 1.65 bits per heavy atom. The van der Waals surface area contributed by atoms with Crippen LogP contribution in [0, 0.1) is 70.0 Å². The summed E-state index contributed by atoms with van der Waals surface area (Å²) in [6, 6.07) is 0. The van der Waals surface area contributed by atoms with Crippen LogP contribution in [0.1, 0.15) is 139 Å². The van der Waals surface area contributed by atoms with E-state index in [-0.39, 0.29) is 47.9 Å². The zero-order chi connectivity index (χ0) is 40.1. The average molecular weight is 770 g/mol. The SMILES string of the molecule is C#C.CC.CCOC(=O)CO[C@@H]([C@H]1CC[C@H]2[C@@H](CC3[C@@H]4CCC5C(C)(C)[C@@H](OC6CN(C(=O)CC7CC7)CCO6)CCC56[C@@H](C)[C@@]46CC[C@@]32C)O1)C(C)(C)O. The average Bonchev–Trinajstić information content (AvgIpc) is 4.04. The maximum Gasteiger partial charge on any atom is 0.332 e. The second-order valence-electron chi connectivity index (χ2n) is 19.7. The Morgan fingerprint density at radius 3 is 2.33 bits per heavy atom. The zero-order valence-electron chi connectivity index (χ0n) is 35.8. The van der Waals surface area contributed by atoms with Crippen LogP contribution in [0.2, 0.25) is 0 Å². The minimum absolute atomic E-state index is 0.0427. The van der Waals surface area contributed by atoms with E-state index in [2.05, 4.69) is 40.5 Å². The summed E-state index contributed by atoms with van der Waals surface area (Å²) in [6.45, 7) is 21.4. The van der Waals surface area contributed by atoms with Gasteiger partial charge < -0.3 is 33.7 Å². The Labute approximate surface area is 333 Å². The predicted octanol–water partition coefficient (Wildman–Crippen LogP) is 7.80. The molecule has 0 aromatic carbocycles. The van der Waals surface area contributed by atoms with Crippen molar-refractivity contribution < 1.29 is 38.4 Å². The third-order valence-corrected chi connectivity index (χ3v) is 16.8. The molecule has 0 bridgehead atoms. The van der Waals surface area contributed by atoms with Gasteiger partial charge in [-0.2, -0.15) is 0 Å². The molecule has 0 aromatic heterocycles. The summed E-state index contributed by atoms with van der Waals surface area (Å²) in [6.07, 6.45) is 20.7. The molecular formula is C46H75NO8. The van der Waals surface area contributed by atoms with Gasteiger partial charge in [-0.05, 0) is 149 Å². The largest absolute Gasteiger partial charge is 0.464 e. The number of carbonyl (C=O) groups is 2. The number of fused-ring (bicyclic) bond motifs is 4. The van der Waals surface area contributed by atoms with E-state index >= 15 is 0 Å². The van der Waals surface area contributed by atoms with Crippen LogP contribution >= 0.6 is 0 Å². The maximum atomic E-state index is 12.9. The number of morpholine rings is 1. The van der Waals surface area contributed by atoms with Gasteiger partial charge in [0.25, 0.3) is 0 Å². The lowest BCUT2D eigenvalue weighted by Crippen LogP contribution is -2.56. The van der Waals surface area contributed by atoms with Crippen molar-refractivity contribution in [3.05, 3.63) is 0 Å². The number of rotatable bonds is 10. The molecular weight excluding hydrogens is 695 g/mol. The van der Waals surface area contributed by atoms with Crippen molar-refractivity contribution >= 4 is 11.9 Å². The molecule has 2 spiro atoms. The van der Waals surface area contributed by atoms with Gasteiger partial charge in [0.1, 0.15) is 12.7 Å². The number of amides is 1. The van der Waals surface area contributed by atoms with Gasteiger partial charge in [0, 0.05) is 13.0 Å². The first-order valence-corrected chi connectivity index (χ1v) is 22.2. The van der Waals surface area contributed by atoms with E-state index in [1.807, 2.05) is 18.7 Å². The number of hydrogen-bond donors (Lipinski definition) is 1. The molecule has 0 aromatic rings. The van der Waals surface area contributed by atoms with Crippen molar-refractivity contribution in [2.75, 3.05) is 32.9 Å². The molecule has 9 heteroatoms. The van der Waals surface area contributed by atoms with E-state index in [1.54, 1.807) is 20.8 Å². The molecule has 2 aliphatic heterocycles. The molecule has 55 heavy (non-hydrogen) atoms. The third kappa shape index (κ3) is 7.23. The molecule has 1 N–H and O–H groups in total. The Hall–Kier alpha value is -1.70. The van der Waals surface area contributed by atoms with E-state index in [4.69, 9.17) is 23.7 Å². The van der Waals surface area contributed by atoms with Crippen molar-refractivity contribution in [1.29, 1.82) is 0 Å². The zero-order valence-corrected chi connectivity index (χ0v) is 35.8. The fourth-order valence-corrected chi connectivity index (χ4v) is 14.4. The van der Waals surface area contributed by atoms with E-state index in [0.29, 0.717) is 67.2 Å². The summed E-state index contributed by atoms with van der Waals surface area (Å²) < 4.78 is 31.2. The lowest BCUT2D eigenvalue weighted by Gasteiger charge is -2.60. The molecule has 0 radical (unpaired) electrons. The molecule has 6 aliphatic carbocycles. The van der Waals surface area contributed by atoms with Crippen LogP contribution in [0.15, 0.2) is 0 Å². The fourth-order valence-electron chi connectivity index (χ4n) is 14.4. The van der Waals surface area contributed by atoms with Gasteiger partial charge in [-0.3, -0.25) is 4.79 Å². The van der Waals surface area contributed by atoms with Crippen LogP contribution in [-0.2, 0) is 33.3 Å². The number of ether oxygens (including phenoxy) is 5. The summed E-state index contributed by atoms with van der Waals surface area (Å²) >= 11 is 0. The fraction of sp³-hybridized carbons (Fsp3) is 0.913. The minimum atomic E-state index is -1.14. The monoisotopic (exact) mass is 770 g/mol. The maximum absolute atomic E-state index is 12.9. The molecule has 2 saturated heterocycles. The molecule has 312 valence electrons. The first-order valence-electron chi connectivity index (χ1n) is 22.2. The number of terminal acetylenes is 1. The van der Waals surface area contributed by atoms with Gasteiger partial charge in [0.15, 0.2) is 6.29 Å². The lowest BCUT2D eigenvalue weighted by molar-refractivity contribution is -0.244. The molecule has 13 atom stereocenters. The molecule has 1 amide bonds. The summed E-state index contributed by atoms with van der Waals surface area (Å²) in [4.78, 5) is 27.1. The number of hydrogen-bond acceptors (Lipinski definition) is 8. The van der Waals surface area contributed by atoms with Crippen LogP contribution in [0.4, 0.5) is 0 Å². The van der Waals surface area contributed by atoms with Gasteiger partial charge in [-0.15, -0.1) is 12.8 Å². The summed E-state index contributed by atoms with van der Waals surface area (Å²) in [5.41, 5.74) is -0.0376. The molecule has 4 unspecified atom stereocenters. The topological polar surface area (TPSA) is 104 Å². The van der Waals surface area contributed by atoms with Crippen molar-refractivity contribution in [3.8, 4) is 12.8 Å². The number of nitrogens with zero attached hydrogens (tertiary/aromatic N) is 1. The molecule has 8 aliphatic rings. The summed E-state index contributed by atoms with van der Waals surface area (Å²) in [7, 11) is 0. The molecule has 9 nitrogen and oxygen atoms in total. The van der Waals surface area contributed by atoms with Crippen molar-refractivity contribution in [2.45, 2.75) is 176 Å². The normalized spacial score (nSPS) is 42.9. The first-order chi connectivity index (χ1) is 26.2. The van der Waals surface area contributed by atoms with Crippen LogP contribution in [0.5, 0.6) is 0 Å². The highest BCUT2D eigenvalue weighted by Gasteiger charge is 2.84. The quantitative estimate of drug-likeness (QED) is 0.178. The van der Waals surface area contributed by atoms with Gasteiger partial charge in [0.05, 0.1) is 43.7 Å². The molecule has 2 heterocycles. The molecule has 8 fully saturated rings. The van der Waals surface area contributed by atoms with Crippen LogP contribution in [0.3, 0.4) is 0 Å². The van der Waals surface area contributed by atoms with E-state index in [9.17, 15) is 14.7 Å². The second kappa shape index (κ2) is 16.2. The van der Waals surface area contributed by atoms with Crippen LogP contribution in [0.25, 0.3) is 0 Å². The highest BCUT2D eigenvalue weighted by molar-refractivity contribution is 5.76. The summed E-state index contributed by atoms with van der Waals surface area (Å²) in [5, 5.41) is 11.1. The van der Waals surface area contributed by atoms with E-state index in [0.717, 1.165) is 37.5 Å². The van der Waals surface area contributed by atoms with Crippen molar-refractivity contribution in [1.82, 2.24) is 4.90 Å². The van der Waals surface area contributed by atoms with Crippen molar-refractivity contribution in [3.63, 3.8) is 0 Å². The Balaban J connectivity index is 0.00000125. The highest BCUT2D eigenvalue weighted by atomic mass is 16.7. The Morgan fingerprint density at radius 1 is 0.945 bits per heavy atom. The van der Waals surface area contributed by atoms with Crippen LogP contribution in [-0.4, -0.2) is 91.1 Å². The van der Waals surface area contributed by atoms with Gasteiger partial charge in [-0.25, -0.2) is 4.79 Å². The first kappa shape index (κ1) is 42.9.